The van der Waals surface area contributed by atoms with Crippen molar-refractivity contribution < 1.29 is 49.9 Å². The summed E-state index contributed by atoms with van der Waals surface area (Å²) in [5.41, 5.74) is 0.310. The summed E-state index contributed by atoms with van der Waals surface area (Å²) in [6.07, 6.45) is -3.54. The quantitative estimate of drug-likeness (QED) is 0.268. The Balaban J connectivity index is 1.54. The van der Waals surface area contributed by atoms with Gasteiger partial charge in [-0.15, -0.1) is 0 Å². The fourth-order valence-electron chi connectivity index (χ4n) is 3.43. The minimum Gasteiger partial charge on any atom is -0.465 e. The van der Waals surface area contributed by atoms with Crippen LogP contribution in [0.4, 0.5) is 13.2 Å². The van der Waals surface area contributed by atoms with Gasteiger partial charge in [0.15, 0.2) is 6.17 Å². The molecule has 1 saturated carbocycles. The molecule has 0 saturated heterocycles. The zero-order valence-electron chi connectivity index (χ0n) is 16.2. The zero-order valence-corrected chi connectivity index (χ0v) is 21.3. The third-order valence-corrected chi connectivity index (χ3v) is 8.98. The summed E-state index contributed by atoms with van der Waals surface area (Å²) in [6, 6.07) is 3.40. The highest BCUT2D eigenvalue weighted by molar-refractivity contribution is 14.1. The standard InChI is InChI=1S/C18H17F3I2O8S/c19-14(18(20,21)32(26,27)28)3-6-29-15(24)9-1-4-17(5-2-9)30-13-8-12(23)11(22)7-10(13)16(25)31-17/h7-9,14H,1-6H2,(H,26,27,28). The van der Waals surface area contributed by atoms with E-state index in [1.54, 1.807) is 12.1 Å². The average molecular weight is 704 g/mol. The van der Waals surface area contributed by atoms with Gasteiger partial charge in [-0.25, -0.2) is 9.18 Å². The van der Waals surface area contributed by atoms with Gasteiger partial charge in [-0.3, -0.25) is 9.35 Å². The number of ether oxygens (including phenoxy) is 3. The van der Waals surface area contributed by atoms with Gasteiger partial charge in [-0.1, -0.05) is 0 Å². The summed E-state index contributed by atoms with van der Waals surface area (Å²) < 4.78 is 87.3. The van der Waals surface area contributed by atoms with Gasteiger partial charge in [-0.05, 0) is 70.2 Å². The number of rotatable bonds is 6. The second-order valence-electron chi connectivity index (χ2n) is 7.40. The third kappa shape index (κ3) is 5.27. The first-order valence-corrected chi connectivity index (χ1v) is 12.9. The molecule has 1 aromatic rings. The molecule has 2 aliphatic rings. The second-order valence-corrected chi connectivity index (χ2v) is 11.2. The van der Waals surface area contributed by atoms with Crippen molar-refractivity contribution in [3.63, 3.8) is 0 Å². The number of benzene rings is 1. The topological polar surface area (TPSA) is 116 Å². The van der Waals surface area contributed by atoms with Crippen molar-refractivity contribution in [3.05, 3.63) is 24.8 Å². The fourth-order valence-corrected chi connectivity index (χ4v) is 4.77. The molecule has 0 amide bonds. The maximum Gasteiger partial charge on any atom is 0.400 e. The Morgan fingerprint density at radius 2 is 1.84 bits per heavy atom. The second kappa shape index (κ2) is 9.40. The van der Waals surface area contributed by atoms with E-state index in [0.29, 0.717) is 11.3 Å². The number of hydrogen-bond donors (Lipinski definition) is 1. The number of carbonyl (C=O) groups is 2. The molecule has 1 fully saturated rings. The van der Waals surface area contributed by atoms with Crippen LogP contribution >= 0.6 is 45.2 Å². The van der Waals surface area contributed by atoms with E-state index in [1.165, 1.54) is 0 Å². The minimum absolute atomic E-state index is 0.188. The molecular formula is C18H17F3I2O8S. The summed E-state index contributed by atoms with van der Waals surface area (Å²) >= 11 is 4.20. The Bertz CT molecular complexity index is 1030. The lowest BCUT2D eigenvalue weighted by molar-refractivity contribution is -0.183. The van der Waals surface area contributed by atoms with Gasteiger partial charge >= 0.3 is 27.3 Å². The summed E-state index contributed by atoms with van der Waals surface area (Å²) in [5.74, 6) is -2.79. The number of fused-ring (bicyclic) bond motifs is 1. The molecule has 1 unspecified atom stereocenters. The Kier molecular flexibility index (Phi) is 7.56. The van der Waals surface area contributed by atoms with Gasteiger partial charge in [-0.2, -0.15) is 17.2 Å². The number of carbonyl (C=O) groups excluding carboxylic acids is 2. The van der Waals surface area contributed by atoms with E-state index in [4.69, 9.17) is 18.8 Å². The molecule has 3 rings (SSSR count). The average Bonchev–Trinajstić information content (AvgIpc) is 2.69. The van der Waals surface area contributed by atoms with Gasteiger partial charge in [0.25, 0.3) is 5.79 Å². The van der Waals surface area contributed by atoms with Crippen LogP contribution in [0.5, 0.6) is 5.75 Å². The van der Waals surface area contributed by atoms with Crippen molar-refractivity contribution >= 4 is 67.2 Å². The van der Waals surface area contributed by atoms with E-state index in [-0.39, 0.29) is 25.7 Å². The summed E-state index contributed by atoms with van der Waals surface area (Å²) in [7, 11) is -5.92. The smallest absolute Gasteiger partial charge is 0.400 e. The molecular weight excluding hydrogens is 687 g/mol. The minimum atomic E-state index is -5.92. The highest BCUT2D eigenvalue weighted by Crippen LogP contribution is 2.43. The maximum atomic E-state index is 13.5. The predicted molar refractivity (Wildman–Crippen MR) is 120 cm³/mol. The van der Waals surface area contributed by atoms with Crippen LogP contribution in [0.15, 0.2) is 12.1 Å². The lowest BCUT2D eigenvalue weighted by Crippen LogP contribution is -2.48. The molecule has 1 aliphatic heterocycles. The van der Waals surface area contributed by atoms with Crippen LogP contribution in [0.3, 0.4) is 0 Å². The molecule has 1 heterocycles. The molecule has 8 nitrogen and oxygen atoms in total. The number of halogens is 5. The van der Waals surface area contributed by atoms with Gasteiger partial charge in [0.2, 0.25) is 0 Å². The fraction of sp³-hybridized carbons (Fsp3) is 0.556. The van der Waals surface area contributed by atoms with Crippen LogP contribution < -0.4 is 4.74 Å². The summed E-state index contributed by atoms with van der Waals surface area (Å²) in [6.45, 7) is -0.789. The molecule has 1 atom stereocenters. The van der Waals surface area contributed by atoms with Crippen molar-refractivity contribution in [2.75, 3.05) is 6.61 Å². The molecule has 0 bridgehead atoms. The van der Waals surface area contributed by atoms with Crippen LogP contribution in [0.2, 0.25) is 0 Å². The highest BCUT2D eigenvalue weighted by atomic mass is 127. The van der Waals surface area contributed by atoms with Gasteiger partial charge in [0.1, 0.15) is 11.3 Å². The zero-order chi connectivity index (χ0) is 23.9. The van der Waals surface area contributed by atoms with Gasteiger partial charge in [0.05, 0.1) is 12.5 Å². The Hall–Kier alpha value is -0.880. The van der Waals surface area contributed by atoms with Crippen LogP contribution in [-0.2, 0) is 24.4 Å². The third-order valence-electron chi connectivity index (χ3n) is 5.22. The van der Waals surface area contributed by atoms with Gasteiger partial charge in [0, 0.05) is 26.4 Å². The van der Waals surface area contributed by atoms with E-state index in [9.17, 15) is 31.2 Å². The summed E-state index contributed by atoms with van der Waals surface area (Å²) in [5, 5.41) is -5.00. The molecule has 0 aromatic heterocycles. The SMILES string of the molecule is O=C1OC2(CCC(C(=O)OCCC(F)C(F)(F)S(=O)(=O)O)CC2)Oc2cc(I)c(I)cc21. The molecule has 1 aliphatic carbocycles. The number of hydrogen-bond acceptors (Lipinski definition) is 7. The molecule has 178 valence electrons. The van der Waals surface area contributed by atoms with Crippen LogP contribution in [-0.4, -0.2) is 48.7 Å². The van der Waals surface area contributed by atoms with Crippen molar-refractivity contribution in [1.29, 1.82) is 0 Å². The molecule has 1 aromatic carbocycles. The highest BCUT2D eigenvalue weighted by Gasteiger charge is 2.52. The molecule has 0 radical (unpaired) electrons. The van der Waals surface area contributed by atoms with E-state index in [1.807, 2.05) is 0 Å². The number of esters is 2. The first-order chi connectivity index (χ1) is 14.8. The first kappa shape index (κ1) is 25.7. The maximum absolute atomic E-state index is 13.5. The molecule has 14 heteroatoms. The lowest BCUT2D eigenvalue weighted by atomic mass is 9.84. The Morgan fingerprint density at radius 3 is 2.44 bits per heavy atom. The van der Waals surface area contributed by atoms with Gasteiger partial charge < -0.3 is 14.2 Å². The molecule has 1 spiro atoms. The van der Waals surface area contributed by atoms with Crippen molar-refractivity contribution in [3.8, 4) is 5.75 Å². The van der Waals surface area contributed by atoms with E-state index >= 15 is 0 Å². The lowest BCUT2D eigenvalue weighted by Gasteiger charge is -2.41. The normalized spacial score (nSPS) is 24.3. The number of alkyl halides is 3. The predicted octanol–water partition coefficient (Wildman–Crippen LogP) is 4.08. The monoisotopic (exact) mass is 704 g/mol. The van der Waals surface area contributed by atoms with Crippen LogP contribution in [0.1, 0.15) is 42.5 Å². The van der Waals surface area contributed by atoms with E-state index in [0.717, 1.165) is 7.14 Å². The van der Waals surface area contributed by atoms with Crippen LogP contribution in [0.25, 0.3) is 0 Å². The Labute approximate surface area is 208 Å². The van der Waals surface area contributed by atoms with Crippen molar-refractivity contribution in [2.45, 2.75) is 49.3 Å². The van der Waals surface area contributed by atoms with Crippen molar-refractivity contribution in [1.82, 2.24) is 0 Å². The van der Waals surface area contributed by atoms with Crippen molar-refractivity contribution in [2.24, 2.45) is 5.92 Å². The first-order valence-electron chi connectivity index (χ1n) is 9.33. The largest absolute Gasteiger partial charge is 0.465 e. The van der Waals surface area contributed by atoms with E-state index < -0.39 is 58.2 Å². The van der Waals surface area contributed by atoms with Crippen LogP contribution in [0, 0.1) is 13.1 Å². The Morgan fingerprint density at radius 1 is 1.25 bits per heavy atom. The molecule has 32 heavy (non-hydrogen) atoms. The molecule has 1 N–H and O–H groups in total. The van der Waals surface area contributed by atoms with E-state index in [2.05, 4.69) is 45.2 Å². The summed E-state index contributed by atoms with van der Waals surface area (Å²) in [4.78, 5) is 24.6.